The molecule has 0 saturated heterocycles. The number of ether oxygens (including phenoxy) is 1. The van der Waals surface area contributed by atoms with Crippen LogP contribution in [0, 0.1) is 17.8 Å². The van der Waals surface area contributed by atoms with Gasteiger partial charge in [0.2, 0.25) is 5.91 Å². The standard InChI is InChI=1S/C21H27NO5S/c1-3-12-9-10-15-16(11-12)28-19(17(15)21(26)27-4-2)22-18(23)13-7-5-6-8-14(13)20(24)25/h5-6,12-14H,3-4,7-11H2,1-2H3,(H,22,23)(H,24,25). The van der Waals surface area contributed by atoms with Crippen LogP contribution in [0.4, 0.5) is 5.00 Å². The molecule has 1 aromatic rings. The summed E-state index contributed by atoms with van der Waals surface area (Å²) >= 11 is 1.44. The molecule has 7 heteroatoms. The lowest BCUT2D eigenvalue weighted by Crippen LogP contribution is -2.34. The molecule has 0 aromatic carbocycles. The summed E-state index contributed by atoms with van der Waals surface area (Å²) in [6.07, 6.45) is 8.21. The van der Waals surface area contributed by atoms with Gasteiger partial charge < -0.3 is 15.2 Å². The molecule has 1 heterocycles. The minimum absolute atomic E-state index is 0.267. The predicted octanol–water partition coefficient (Wildman–Crippen LogP) is 4.05. The second-order valence-electron chi connectivity index (χ2n) is 7.43. The Morgan fingerprint density at radius 2 is 1.93 bits per heavy atom. The Morgan fingerprint density at radius 1 is 1.21 bits per heavy atom. The molecule has 0 spiro atoms. The van der Waals surface area contributed by atoms with Crippen LogP contribution in [0.1, 0.15) is 60.3 Å². The summed E-state index contributed by atoms with van der Waals surface area (Å²) in [6, 6.07) is 0. The lowest BCUT2D eigenvalue weighted by atomic mass is 9.82. The third kappa shape index (κ3) is 4.14. The molecule has 2 aliphatic carbocycles. The van der Waals surface area contributed by atoms with Crippen LogP contribution in [0.2, 0.25) is 0 Å². The number of aliphatic carboxylic acids is 1. The summed E-state index contributed by atoms with van der Waals surface area (Å²) in [5.41, 5.74) is 1.45. The maximum Gasteiger partial charge on any atom is 0.341 e. The molecule has 2 N–H and O–H groups in total. The summed E-state index contributed by atoms with van der Waals surface area (Å²) < 4.78 is 5.24. The number of fused-ring (bicyclic) bond motifs is 1. The summed E-state index contributed by atoms with van der Waals surface area (Å²) in [5, 5.41) is 12.8. The van der Waals surface area contributed by atoms with Crippen molar-refractivity contribution in [3.63, 3.8) is 0 Å². The van der Waals surface area contributed by atoms with E-state index in [0.717, 1.165) is 36.1 Å². The number of carboxylic acids is 1. The average Bonchev–Trinajstić information content (AvgIpc) is 3.04. The third-order valence-corrected chi connectivity index (χ3v) is 6.92. The minimum atomic E-state index is -0.966. The number of thiophene rings is 1. The summed E-state index contributed by atoms with van der Waals surface area (Å²) in [7, 11) is 0. The van der Waals surface area contributed by atoms with Crippen molar-refractivity contribution in [2.75, 3.05) is 11.9 Å². The highest BCUT2D eigenvalue weighted by molar-refractivity contribution is 7.17. The Balaban J connectivity index is 1.89. The van der Waals surface area contributed by atoms with Crippen molar-refractivity contribution in [2.45, 2.75) is 52.4 Å². The topological polar surface area (TPSA) is 92.7 Å². The molecule has 0 aliphatic heterocycles. The first-order valence-electron chi connectivity index (χ1n) is 9.96. The summed E-state index contributed by atoms with van der Waals surface area (Å²) in [6.45, 7) is 4.19. The van der Waals surface area contributed by atoms with E-state index < -0.39 is 23.8 Å². The summed E-state index contributed by atoms with van der Waals surface area (Å²) in [5.74, 6) is -2.51. The molecular formula is C21H27NO5S. The first-order valence-corrected chi connectivity index (χ1v) is 10.8. The Hall–Kier alpha value is -2.15. The van der Waals surface area contributed by atoms with Gasteiger partial charge in [-0.15, -0.1) is 11.3 Å². The normalized spacial score (nSPS) is 23.7. The molecule has 1 amide bonds. The van der Waals surface area contributed by atoms with Crippen molar-refractivity contribution in [3.05, 3.63) is 28.2 Å². The number of carbonyl (C=O) groups excluding carboxylic acids is 2. The van der Waals surface area contributed by atoms with Crippen molar-refractivity contribution >= 4 is 34.2 Å². The van der Waals surface area contributed by atoms with Crippen molar-refractivity contribution in [2.24, 2.45) is 17.8 Å². The highest BCUT2D eigenvalue weighted by atomic mass is 32.1. The molecule has 152 valence electrons. The Kier molecular flexibility index (Phi) is 6.54. The molecule has 6 nitrogen and oxygen atoms in total. The number of nitrogens with one attached hydrogen (secondary N) is 1. The number of allylic oxidation sites excluding steroid dienone is 2. The van der Waals surface area contributed by atoms with Gasteiger partial charge in [0.05, 0.1) is 24.0 Å². The first-order chi connectivity index (χ1) is 13.5. The van der Waals surface area contributed by atoms with Gasteiger partial charge in [0, 0.05) is 4.88 Å². The van der Waals surface area contributed by atoms with E-state index in [9.17, 15) is 19.5 Å². The van der Waals surface area contributed by atoms with Gasteiger partial charge in [0.25, 0.3) is 0 Å². The van der Waals surface area contributed by atoms with Crippen molar-refractivity contribution < 1.29 is 24.2 Å². The molecule has 0 fully saturated rings. The molecule has 0 saturated carbocycles. The van der Waals surface area contributed by atoms with Crippen molar-refractivity contribution in [1.29, 1.82) is 0 Å². The minimum Gasteiger partial charge on any atom is -0.481 e. The highest BCUT2D eigenvalue weighted by Crippen LogP contribution is 2.41. The molecule has 1 aromatic heterocycles. The van der Waals surface area contributed by atoms with E-state index in [1.807, 2.05) is 6.08 Å². The number of hydrogen-bond acceptors (Lipinski definition) is 5. The van der Waals surface area contributed by atoms with Gasteiger partial charge in [-0.1, -0.05) is 25.5 Å². The van der Waals surface area contributed by atoms with E-state index in [2.05, 4.69) is 12.2 Å². The van der Waals surface area contributed by atoms with Gasteiger partial charge in [-0.2, -0.15) is 0 Å². The molecule has 3 atom stereocenters. The van der Waals surface area contributed by atoms with E-state index in [-0.39, 0.29) is 12.5 Å². The van der Waals surface area contributed by atoms with E-state index in [1.165, 1.54) is 11.3 Å². The van der Waals surface area contributed by atoms with Crippen LogP contribution in [-0.2, 0) is 27.2 Å². The fourth-order valence-corrected chi connectivity index (χ4v) is 5.44. The first kappa shape index (κ1) is 20.6. The number of hydrogen-bond donors (Lipinski definition) is 2. The van der Waals surface area contributed by atoms with Gasteiger partial charge in [0.1, 0.15) is 5.00 Å². The molecular weight excluding hydrogens is 378 g/mol. The number of anilines is 1. The van der Waals surface area contributed by atoms with Crippen molar-refractivity contribution in [3.8, 4) is 0 Å². The molecule has 3 rings (SSSR count). The Labute approximate surface area is 169 Å². The molecule has 28 heavy (non-hydrogen) atoms. The molecule has 3 unspecified atom stereocenters. The van der Waals surface area contributed by atoms with Gasteiger partial charge in [0.15, 0.2) is 0 Å². The Bertz CT molecular complexity index is 797. The lowest BCUT2D eigenvalue weighted by Gasteiger charge is -2.24. The van der Waals surface area contributed by atoms with E-state index in [1.54, 1.807) is 13.0 Å². The van der Waals surface area contributed by atoms with Gasteiger partial charge >= 0.3 is 11.9 Å². The molecule has 0 radical (unpaired) electrons. The number of carbonyl (C=O) groups is 3. The lowest BCUT2D eigenvalue weighted by molar-refractivity contribution is -0.146. The third-order valence-electron chi connectivity index (χ3n) is 5.75. The zero-order valence-electron chi connectivity index (χ0n) is 16.3. The van der Waals surface area contributed by atoms with E-state index >= 15 is 0 Å². The zero-order chi connectivity index (χ0) is 20.3. The zero-order valence-corrected chi connectivity index (χ0v) is 17.1. The maximum atomic E-state index is 12.9. The van der Waals surface area contributed by atoms with Crippen LogP contribution >= 0.6 is 11.3 Å². The van der Waals surface area contributed by atoms with Crippen LogP contribution in [0.15, 0.2) is 12.2 Å². The molecule has 0 bridgehead atoms. The van der Waals surface area contributed by atoms with Crippen LogP contribution in [0.5, 0.6) is 0 Å². The van der Waals surface area contributed by atoms with Crippen LogP contribution in [0.3, 0.4) is 0 Å². The summed E-state index contributed by atoms with van der Waals surface area (Å²) in [4.78, 5) is 38.2. The second kappa shape index (κ2) is 8.90. The second-order valence-corrected chi connectivity index (χ2v) is 8.53. The van der Waals surface area contributed by atoms with E-state index in [0.29, 0.717) is 29.3 Å². The highest BCUT2D eigenvalue weighted by Gasteiger charge is 2.36. The maximum absolute atomic E-state index is 12.9. The fourth-order valence-electron chi connectivity index (χ4n) is 4.09. The monoisotopic (exact) mass is 405 g/mol. The van der Waals surface area contributed by atoms with E-state index in [4.69, 9.17) is 4.74 Å². The quantitative estimate of drug-likeness (QED) is 0.550. The van der Waals surface area contributed by atoms with Crippen LogP contribution in [0.25, 0.3) is 0 Å². The SMILES string of the molecule is CCOC(=O)c1c(NC(=O)C2CC=CCC2C(=O)O)sc2c1CCC(CC)C2. The van der Waals surface area contributed by atoms with Gasteiger partial charge in [-0.25, -0.2) is 4.79 Å². The van der Waals surface area contributed by atoms with Crippen molar-refractivity contribution in [1.82, 2.24) is 0 Å². The van der Waals surface area contributed by atoms with Gasteiger partial charge in [-0.3, -0.25) is 9.59 Å². The van der Waals surface area contributed by atoms with Crippen LogP contribution < -0.4 is 5.32 Å². The number of esters is 1. The van der Waals surface area contributed by atoms with Gasteiger partial charge in [-0.05, 0) is 50.5 Å². The smallest absolute Gasteiger partial charge is 0.341 e. The largest absolute Gasteiger partial charge is 0.481 e. The number of amides is 1. The predicted molar refractivity (Wildman–Crippen MR) is 108 cm³/mol. The fraction of sp³-hybridized carbons (Fsp3) is 0.571. The number of carboxylic acid groups (broad SMARTS) is 1. The molecule has 2 aliphatic rings. The Morgan fingerprint density at radius 3 is 2.57 bits per heavy atom. The van der Waals surface area contributed by atoms with Crippen LogP contribution in [-0.4, -0.2) is 29.6 Å². The number of rotatable bonds is 6. The average molecular weight is 406 g/mol.